The average molecular weight is 210 g/mol. The van der Waals surface area contributed by atoms with Gasteiger partial charge in [0.05, 0.1) is 12.5 Å². The van der Waals surface area contributed by atoms with Gasteiger partial charge in [-0.25, -0.2) is 0 Å². The summed E-state index contributed by atoms with van der Waals surface area (Å²) in [5, 5.41) is 6.86. The van der Waals surface area contributed by atoms with Gasteiger partial charge in [0.2, 0.25) is 0 Å². The Morgan fingerprint density at radius 2 is 2.07 bits per heavy atom. The van der Waals surface area contributed by atoms with Crippen LogP contribution in [0, 0.1) is 5.92 Å². The van der Waals surface area contributed by atoms with E-state index in [2.05, 4.69) is 31.4 Å². The van der Waals surface area contributed by atoms with E-state index in [1.807, 2.05) is 6.07 Å². The third-order valence-electron chi connectivity index (χ3n) is 2.24. The quantitative estimate of drug-likeness (QED) is 0.723. The molecule has 15 heavy (non-hydrogen) atoms. The molecule has 1 heterocycles. The highest BCUT2D eigenvalue weighted by Gasteiger charge is 2.02. The monoisotopic (exact) mass is 210 g/mol. The van der Waals surface area contributed by atoms with Crippen molar-refractivity contribution in [1.82, 2.24) is 10.6 Å². The smallest absolute Gasteiger partial charge is 0.0947 e. The fraction of sp³-hybridized carbons (Fsp3) is 0.667. The van der Waals surface area contributed by atoms with Crippen LogP contribution >= 0.6 is 0 Å². The summed E-state index contributed by atoms with van der Waals surface area (Å²) >= 11 is 0. The van der Waals surface area contributed by atoms with E-state index in [1.54, 1.807) is 12.5 Å². The molecule has 1 aromatic heterocycles. The number of furan rings is 1. The Balaban J connectivity index is 2.06. The zero-order valence-corrected chi connectivity index (χ0v) is 9.92. The first kappa shape index (κ1) is 12.3. The highest BCUT2D eigenvalue weighted by Crippen LogP contribution is 1.99. The minimum atomic E-state index is 0.485. The topological polar surface area (TPSA) is 37.2 Å². The Morgan fingerprint density at radius 3 is 2.67 bits per heavy atom. The third-order valence-corrected chi connectivity index (χ3v) is 2.24. The maximum atomic E-state index is 5.00. The fourth-order valence-electron chi connectivity index (χ4n) is 1.35. The summed E-state index contributed by atoms with van der Waals surface area (Å²) in [5.74, 6) is 0.714. The lowest BCUT2D eigenvalue weighted by Gasteiger charge is -2.15. The van der Waals surface area contributed by atoms with E-state index in [0.29, 0.717) is 12.0 Å². The van der Waals surface area contributed by atoms with Crippen molar-refractivity contribution < 1.29 is 4.42 Å². The normalized spacial score (nSPS) is 13.3. The second kappa shape index (κ2) is 6.64. The summed E-state index contributed by atoms with van der Waals surface area (Å²) in [5.41, 5.74) is 1.20. The lowest BCUT2D eigenvalue weighted by atomic mass is 10.2. The fourth-order valence-corrected chi connectivity index (χ4v) is 1.35. The second-order valence-corrected chi connectivity index (χ2v) is 4.47. The molecule has 0 amide bonds. The van der Waals surface area contributed by atoms with Gasteiger partial charge in [0.25, 0.3) is 0 Å². The van der Waals surface area contributed by atoms with Crippen LogP contribution in [0.3, 0.4) is 0 Å². The minimum absolute atomic E-state index is 0.485. The van der Waals surface area contributed by atoms with E-state index in [9.17, 15) is 0 Å². The van der Waals surface area contributed by atoms with E-state index < -0.39 is 0 Å². The largest absolute Gasteiger partial charge is 0.472 e. The summed E-state index contributed by atoms with van der Waals surface area (Å²) in [6, 6.07) is 2.47. The van der Waals surface area contributed by atoms with Crippen LogP contribution in [-0.4, -0.2) is 19.1 Å². The lowest BCUT2D eigenvalue weighted by molar-refractivity contribution is 0.470. The molecule has 0 saturated heterocycles. The molecule has 3 nitrogen and oxygen atoms in total. The Morgan fingerprint density at radius 1 is 1.27 bits per heavy atom. The van der Waals surface area contributed by atoms with Crippen LogP contribution in [-0.2, 0) is 6.54 Å². The van der Waals surface area contributed by atoms with Gasteiger partial charge in [0.1, 0.15) is 0 Å². The molecule has 0 aliphatic carbocycles. The summed E-state index contributed by atoms with van der Waals surface area (Å²) in [6.07, 6.45) is 3.49. The highest BCUT2D eigenvalue weighted by atomic mass is 16.3. The molecule has 0 aliphatic rings. The van der Waals surface area contributed by atoms with E-state index in [1.165, 1.54) is 5.56 Å². The van der Waals surface area contributed by atoms with Crippen molar-refractivity contribution >= 4 is 0 Å². The summed E-state index contributed by atoms with van der Waals surface area (Å²) < 4.78 is 5.00. The van der Waals surface area contributed by atoms with Gasteiger partial charge in [-0.05, 0) is 25.5 Å². The molecular weight excluding hydrogens is 188 g/mol. The molecule has 0 radical (unpaired) electrons. The first-order valence-electron chi connectivity index (χ1n) is 5.63. The molecular formula is C12H22N2O. The molecule has 0 saturated carbocycles. The van der Waals surface area contributed by atoms with E-state index >= 15 is 0 Å². The Bertz CT molecular complexity index is 244. The molecule has 86 valence electrons. The van der Waals surface area contributed by atoms with Crippen LogP contribution in [0.25, 0.3) is 0 Å². The molecule has 1 aromatic rings. The Labute approximate surface area is 92.2 Å². The first-order chi connectivity index (χ1) is 7.18. The van der Waals surface area contributed by atoms with Crippen LogP contribution < -0.4 is 10.6 Å². The SMILES string of the molecule is CC(C)CNCC(C)NCc1ccoc1. The molecule has 0 aliphatic heterocycles. The first-order valence-corrected chi connectivity index (χ1v) is 5.63. The number of rotatable bonds is 7. The summed E-state index contributed by atoms with van der Waals surface area (Å²) in [4.78, 5) is 0. The molecule has 0 fully saturated rings. The predicted octanol–water partition coefficient (Wildman–Crippen LogP) is 2.00. The Hall–Kier alpha value is -0.800. The number of nitrogens with one attached hydrogen (secondary N) is 2. The Kier molecular flexibility index (Phi) is 5.43. The second-order valence-electron chi connectivity index (χ2n) is 4.47. The van der Waals surface area contributed by atoms with Crippen molar-refractivity contribution in [2.45, 2.75) is 33.4 Å². The van der Waals surface area contributed by atoms with Crippen molar-refractivity contribution in [3.63, 3.8) is 0 Å². The van der Waals surface area contributed by atoms with E-state index in [4.69, 9.17) is 4.42 Å². The standard InChI is InChI=1S/C12H22N2O/c1-10(2)6-13-7-11(3)14-8-12-4-5-15-9-12/h4-5,9-11,13-14H,6-8H2,1-3H3. The lowest BCUT2D eigenvalue weighted by Crippen LogP contribution is -2.37. The van der Waals surface area contributed by atoms with Crippen molar-refractivity contribution in [3.05, 3.63) is 24.2 Å². The molecule has 0 bridgehead atoms. The molecule has 1 rings (SSSR count). The summed E-state index contributed by atoms with van der Waals surface area (Å²) in [6.45, 7) is 9.59. The molecule has 1 unspecified atom stereocenters. The van der Waals surface area contributed by atoms with Gasteiger partial charge in [-0.15, -0.1) is 0 Å². The van der Waals surface area contributed by atoms with Crippen molar-refractivity contribution in [2.24, 2.45) is 5.92 Å². The minimum Gasteiger partial charge on any atom is -0.472 e. The van der Waals surface area contributed by atoms with Crippen LogP contribution in [0.15, 0.2) is 23.0 Å². The number of hydrogen-bond donors (Lipinski definition) is 2. The highest BCUT2D eigenvalue weighted by molar-refractivity contribution is 5.04. The zero-order chi connectivity index (χ0) is 11.1. The van der Waals surface area contributed by atoms with Crippen molar-refractivity contribution in [3.8, 4) is 0 Å². The van der Waals surface area contributed by atoms with Gasteiger partial charge < -0.3 is 15.1 Å². The zero-order valence-electron chi connectivity index (χ0n) is 9.92. The maximum Gasteiger partial charge on any atom is 0.0947 e. The molecule has 3 heteroatoms. The predicted molar refractivity (Wildman–Crippen MR) is 62.7 cm³/mol. The molecule has 0 aromatic carbocycles. The van der Waals surface area contributed by atoms with Crippen molar-refractivity contribution in [2.75, 3.05) is 13.1 Å². The van der Waals surface area contributed by atoms with E-state index in [-0.39, 0.29) is 0 Å². The average Bonchev–Trinajstić information content (AvgIpc) is 2.66. The maximum absolute atomic E-state index is 5.00. The van der Waals surface area contributed by atoms with E-state index in [0.717, 1.165) is 19.6 Å². The molecule has 0 spiro atoms. The summed E-state index contributed by atoms with van der Waals surface area (Å²) in [7, 11) is 0. The van der Waals surface area contributed by atoms with Crippen LogP contribution in [0.1, 0.15) is 26.3 Å². The molecule has 2 N–H and O–H groups in total. The van der Waals surface area contributed by atoms with Crippen LogP contribution in [0.2, 0.25) is 0 Å². The van der Waals surface area contributed by atoms with Crippen molar-refractivity contribution in [1.29, 1.82) is 0 Å². The van der Waals surface area contributed by atoms with Gasteiger partial charge >= 0.3 is 0 Å². The van der Waals surface area contributed by atoms with Gasteiger partial charge in [-0.1, -0.05) is 13.8 Å². The van der Waals surface area contributed by atoms with Gasteiger partial charge in [-0.2, -0.15) is 0 Å². The van der Waals surface area contributed by atoms with Crippen LogP contribution in [0.4, 0.5) is 0 Å². The van der Waals surface area contributed by atoms with Gasteiger partial charge in [0, 0.05) is 24.7 Å². The van der Waals surface area contributed by atoms with Gasteiger partial charge in [0.15, 0.2) is 0 Å². The van der Waals surface area contributed by atoms with Gasteiger partial charge in [-0.3, -0.25) is 0 Å². The number of hydrogen-bond acceptors (Lipinski definition) is 3. The third kappa shape index (κ3) is 5.60. The molecule has 1 atom stereocenters. The van der Waals surface area contributed by atoms with Crippen LogP contribution in [0.5, 0.6) is 0 Å².